The molecule has 0 spiro atoms. The van der Waals surface area contributed by atoms with E-state index in [0.29, 0.717) is 11.4 Å². The van der Waals surface area contributed by atoms with Crippen molar-refractivity contribution in [3.05, 3.63) is 59.2 Å². The van der Waals surface area contributed by atoms with Crippen LogP contribution in [-0.4, -0.2) is 17.1 Å². The smallest absolute Gasteiger partial charge is 0.337 e. The molecule has 0 heterocycles. The number of nitrogens with two attached hydrogens (primary N) is 1. The molecule has 0 fully saturated rings. The lowest BCUT2D eigenvalue weighted by atomic mass is 10.1. The van der Waals surface area contributed by atoms with Crippen LogP contribution in [0.4, 0.5) is 11.4 Å². The first kappa shape index (κ1) is 12.5. The summed E-state index contributed by atoms with van der Waals surface area (Å²) in [7, 11) is 0. The van der Waals surface area contributed by atoms with Crippen LogP contribution in [0.2, 0.25) is 0 Å². The molecule has 102 valence electrons. The van der Waals surface area contributed by atoms with Gasteiger partial charge in [-0.15, -0.1) is 0 Å². The first-order valence-corrected chi connectivity index (χ1v) is 6.59. The highest BCUT2D eigenvalue weighted by atomic mass is 16.4. The number of hydrogen-bond donors (Lipinski definition) is 3. The zero-order chi connectivity index (χ0) is 14.1. The molecule has 4 nitrogen and oxygen atoms in total. The Hall–Kier alpha value is -2.49. The largest absolute Gasteiger partial charge is 0.478 e. The molecule has 1 aliphatic rings. The third-order valence-corrected chi connectivity index (χ3v) is 3.68. The van der Waals surface area contributed by atoms with Gasteiger partial charge in [-0.1, -0.05) is 24.3 Å². The number of carbonyl (C=O) groups is 1. The SMILES string of the molecule is Nc1ccc(C(=O)O)c(NC2Cc3ccccc3C2)c1. The standard InChI is InChI=1S/C16H16N2O2/c17-12-5-6-14(16(19)20)15(9-12)18-13-7-10-3-1-2-4-11(10)8-13/h1-6,9,13,18H,7-8,17H2,(H,19,20). The van der Waals surface area contributed by atoms with Crippen molar-refractivity contribution in [2.75, 3.05) is 11.1 Å². The minimum atomic E-state index is -0.942. The van der Waals surface area contributed by atoms with Gasteiger partial charge in [-0.05, 0) is 42.2 Å². The van der Waals surface area contributed by atoms with Crippen LogP contribution in [0.15, 0.2) is 42.5 Å². The van der Waals surface area contributed by atoms with Crippen molar-refractivity contribution >= 4 is 17.3 Å². The summed E-state index contributed by atoms with van der Waals surface area (Å²) in [6.07, 6.45) is 1.81. The maximum absolute atomic E-state index is 11.2. The zero-order valence-electron chi connectivity index (χ0n) is 11.0. The van der Waals surface area contributed by atoms with E-state index in [-0.39, 0.29) is 11.6 Å². The molecular formula is C16H16N2O2. The van der Waals surface area contributed by atoms with E-state index in [9.17, 15) is 9.90 Å². The van der Waals surface area contributed by atoms with Gasteiger partial charge in [0.1, 0.15) is 0 Å². The van der Waals surface area contributed by atoms with Gasteiger partial charge < -0.3 is 16.2 Å². The fourth-order valence-electron chi connectivity index (χ4n) is 2.75. The van der Waals surface area contributed by atoms with E-state index in [1.54, 1.807) is 18.2 Å². The summed E-state index contributed by atoms with van der Waals surface area (Å²) < 4.78 is 0. The predicted molar refractivity (Wildman–Crippen MR) is 79.1 cm³/mol. The molecule has 0 saturated carbocycles. The Labute approximate surface area is 117 Å². The summed E-state index contributed by atoms with van der Waals surface area (Å²) in [5.41, 5.74) is 9.82. The lowest BCUT2D eigenvalue weighted by Gasteiger charge is -2.16. The molecule has 0 bridgehead atoms. The van der Waals surface area contributed by atoms with Crippen LogP contribution in [-0.2, 0) is 12.8 Å². The maximum atomic E-state index is 11.2. The highest BCUT2D eigenvalue weighted by Crippen LogP contribution is 2.27. The number of rotatable bonds is 3. The zero-order valence-corrected chi connectivity index (χ0v) is 11.0. The third kappa shape index (κ3) is 2.32. The number of carboxylic acid groups (broad SMARTS) is 1. The van der Waals surface area contributed by atoms with Crippen LogP contribution in [0.1, 0.15) is 21.5 Å². The Bertz CT molecular complexity index is 642. The maximum Gasteiger partial charge on any atom is 0.337 e. The van der Waals surface area contributed by atoms with Crippen LogP contribution < -0.4 is 11.1 Å². The number of benzene rings is 2. The number of hydrogen-bond acceptors (Lipinski definition) is 3. The van der Waals surface area contributed by atoms with E-state index in [4.69, 9.17) is 5.73 Å². The van der Waals surface area contributed by atoms with Gasteiger partial charge in [0.2, 0.25) is 0 Å². The molecule has 0 radical (unpaired) electrons. The summed E-state index contributed by atoms with van der Waals surface area (Å²) in [6, 6.07) is 13.4. The summed E-state index contributed by atoms with van der Waals surface area (Å²) in [5, 5.41) is 12.5. The van der Waals surface area contributed by atoms with Crippen molar-refractivity contribution in [2.45, 2.75) is 18.9 Å². The van der Waals surface area contributed by atoms with Gasteiger partial charge in [0, 0.05) is 11.7 Å². The van der Waals surface area contributed by atoms with Crippen molar-refractivity contribution in [3.8, 4) is 0 Å². The number of fused-ring (bicyclic) bond motifs is 1. The molecule has 0 aromatic heterocycles. The highest BCUT2D eigenvalue weighted by molar-refractivity contribution is 5.95. The Morgan fingerprint density at radius 1 is 1.15 bits per heavy atom. The molecule has 0 saturated heterocycles. The second-order valence-corrected chi connectivity index (χ2v) is 5.13. The van der Waals surface area contributed by atoms with Crippen LogP contribution in [0.5, 0.6) is 0 Å². The van der Waals surface area contributed by atoms with Gasteiger partial charge in [-0.25, -0.2) is 4.79 Å². The van der Waals surface area contributed by atoms with Crippen molar-refractivity contribution < 1.29 is 9.90 Å². The highest BCUT2D eigenvalue weighted by Gasteiger charge is 2.22. The van der Waals surface area contributed by atoms with E-state index in [0.717, 1.165) is 12.8 Å². The first-order chi connectivity index (χ1) is 9.63. The average molecular weight is 268 g/mol. The van der Waals surface area contributed by atoms with E-state index in [1.165, 1.54) is 11.1 Å². The minimum Gasteiger partial charge on any atom is -0.478 e. The number of anilines is 2. The van der Waals surface area contributed by atoms with Crippen LogP contribution in [0, 0.1) is 0 Å². The van der Waals surface area contributed by atoms with Crippen molar-refractivity contribution in [2.24, 2.45) is 0 Å². The monoisotopic (exact) mass is 268 g/mol. The number of nitrogen functional groups attached to an aromatic ring is 1. The molecule has 20 heavy (non-hydrogen) atoms. The lowest BCUT2D eigenvalue weighted by Crippen LogP contribution is -2.21. The summed E-state index contributed by atoms with van der Waals surface area (Å²) in [4.78, 5) is 11.2. The second kappa shape index (κ2) is 4.89. The Morgan fingerprint density at radius 3 is 2.40 bits per heavy atom. The Balaban J connectivity index is 1.83. The molecule has 3 rings (SSSR count). The normalized spacial score (nSPS) is 14.0. The molecule has 0 aliphatic heterocycles. The van der Waals surface area contributed by atoms with Crippen molar-refractivity contribution in [3.63, 3.8) is 0 Å². The lowest BCUT2D eigenvalue weighted by molar-refractivity contribution is 0.0698. The average Bonchev–Trinajstić information content (AvgIpc) is 2.80. The summed E-state index contributed by atoms with van der Waals surface area (Å²) >= 11 is 0. The number of carboxylic acids is 1. The molecule has 0 amide bonds. The van der Waals surface area contributed by atoms with Crippen LogP contribution >= 0.6 is 0 Å². The van der Waals surface area contributed by atoms with Gasteiger partial charge in [0.05, 0.1) is 11.3 Å². The predicted octanol–water partition coefficient (Wildman–Crippen LogP) is 2.55. The van der Waals surface area contributed by atoms with E-state index in [2.05, 4.69) is 17.4 Å². The molecule has 4 heteroatoms. The fourth-order valence-corrected chi connectivity index (χ4v) is 2.75. The van der Waals surface area contributed by atoms with Gasteiger partial charge in [0.15, 0.2) is 0 Å². The first-order valence-electron chi connectivity index (χ1n) is 6.59. The fraction of sp³-hybridized carbons (Fsp3) is 0.188. The molecule has 2 aromatic rings. The van der Waals surface area contributed by atoms with Crippen LogP contribution in [0.3, 0.4) is 0 Å². The van der Waals surface area contributed by atoms with Crippen molar-refractivity contribution in [1.82, 2.24) is 0 Å². The Morgan fingerprint density at radius 2 is 1.80 bits per heavy atom. The quantitative estimate of drug-likeness (QED) is 0.748. The summed E-state index contributed by atoms with van der Waals surface area (Å²) in [6.45, 7) is 0. The molecular weight excluding hydrogens is 252 g/mol. The second-order valence-electron chi connectivity index (χ2n) is 5.13. The third-order valence-electron chi connectivity index (χ3n) is 3.68. The van der Waals surface area contributed by atoms with Crippen LogP contribution in [0.25, 0.3) is 0 Å². The van der Waals surface area contributed by atoms with E-state index >= 15 is 0 Å². The minimum absolute atomic E-state index is 0.215. The molecule has 4 N–H and O–H groups in total. The van der Waals surface area contributed by atoms with Gasteiger partial charge in [-0.2, -0.15) is 0 Å². The molecule has 2 aromatic carbocycles. The van der Waals surface area contributed by atoms with Gasteiger partial charge in [0.25, 0.3) is 0 Å². The van der Waals surface area contributed by atoms with Gasteiger partial charge >= 0.3 is 5.97 Å². The Kier molecular flexibility index (Phi) is 3.06. The van der Waals surface area contributed by atoms with Gasteiger partial charge in [-0.3, -0.25) is 0 Å². The molecule has 1 aliphatic carbocycles. The molecule has 0 unspecified atom stereocenters. The topological polar surface area (TPSA) is 75.4 Å². The number of nitrogens with one attached hydrogen (secondary N) is 1. The van der Waals surface area contributed by atoms with E-state index in [1.807, 2.05) is 12.1 Å². The summed E-state index contributed by atoms with van der Waals surface area (Å²) in [5.74, 6) is -0.942. The van der Waals surface area contributed by atoms with E-state index < -0.39 is 5.97 Å². The van der Waals surface area contributed by atoms with Crippen molar-refractivity contribution in [1.29, 1.82) is 0 Å². The number of aromatic carboxylic acids is 1. The molecule has 0 atom stereocenters.